The van der Waals surface area contributed by atoms with Crippen LogP contribution in [0.2, 0.25) is 0 Å². The van der Waals surface area contributed by atoms with E-state index in [0.717, 1.165) is 11.8 Å². The molecule has 0 amide bonds. The summed E-state index contributed by atoms with van der Waals surface area (Å²) < 4.78 is 0. The topological polar surface area (TPSA) is 0 Å². The van der Waals surface area contributed by atoms with E-state index in [1.807, 2.05) is 0 Å². The molecule has 2 unspecified atom stereocenters. The van der Waals surface area contributed by atoms with Gasteiger partial charge in [0.25, 0.3) is 0 Å². The van der Waals surface area contributed by atoms with Crippen molar-refractivity contribution < 1.29 is 0 Å². The summed E-state index contributed by atoms with van der Waals surface area (Å²) in [7, 11) is 0. The van der Waals surface area contributed by atoms with Crippen LogP contribution in [0.1, 0.15) is 27.2 Å². The molecule has 0 aromatic carbocycles. The Bertz CT molecular complexity index is 122. The maximum atomic E-state index is 3.82. The minimum absolute atomic E-state index is 0.566. The van der Waals surface area contributed by atoms with E-state index in [1.165, 1.54) is 6.42 Å². The van der Waals surface area contributed by atoms with Gasteiger partial charge in [-0.25, -0.2) is 0 Å². The van der Waals surface area contributed by atoms with Gasteiger partial charge in [0.2, 0.25) is 0 Å². The van der Waals surface area contributed by atoms with E-state index in [2.05, 4.69) is 33.4 Å². The van der Waals surface area contributed by atoms with Gasteiger partial charge in [-0.1, -0.05) is 33.3 Å². The van der Waals surface area contributed by atoms with Crippen molar-refractivity contribution in [3.63, 3.8) is 0 Å². The highest BCUT2D eigenvalue weighted by Crippen LogP contribution is 2.60. The molecule has 9 heavy (non-hydrogen) atoms. The minimum atomic E-state index is 0.566. The molecule has 0 heterocycles. The monoisotopic (exact) mass is 124 g/mol. The molecule has 0 aromatic heterocycles. The first-order valence-corrected chi connectivity index (χ1v) is 3.77. The Labute approximate surface area is 58.0 Å². The van der Waals surface area contributed by atoms with Gasteiger partial charge in [0.1, 0.15) is 0 Å². The number of hydrogen-bond acceptors (Lipinski definition) is 0. The Balaban J connectivity index is 2.54. The summed E-state index contributed by atoms with van der Waals surface area (Å²) in [6.07, 6.45) is 3.41. The summed E-state index contributed by atoms with van der Waals surface area (Å²) in [5.74, 6) is 1.71. The van der Waals surface area contributed by atoms with Gasteiger partial charge in [0, 0.05) is 0 Å². The van der Waals surface area contributed by atoms with Gasteiger partial charge in [-0.15, -0.1) is 6.58 Å². The molecule has 0 heteroatoms. The maximum Gasteiger partial charge on any atom is -0.0148 e. The van der Waals surface area contributed by atoms with Crippen LogP contribution in [0.5, 0.6) is 0 Å². The van der Waals surface area contributed by atoms with Gasteiger partial charge in [0.15, 0.2) is 0 Å². The van der Waals surface area contributed by atoms with Crippen LogP contribution < -0.4 is 0 Å². The van der Waals surface area contributed by atoms with Crippen molar-refractivity contribution in [2.45, 2.75) is 27.2 Å². The molecule has 0 aromatic rings. The maximum absolute atomic E-state index is 3.82. The molecule has 2 atom stereocenters. The summed E-state index contributed by atoms with van der Waals surface area (Å²) in [6.45, 7) is 10.7. The molecule has 0 saturated heterocycles. The molecule has 0 spiro atoms. The van der Waals surface area contributed by atoms with Gasteiger partial charge < -0.3 is 0 Å². The molecule has 0 radical (unpaired) electrons. The quantitative estimate of drug-likeness (QED) is 0.496. The van der Waals surface area contributed by atoms with Crippen LogP contribution >= 0.6 is 0 Å². The van der Waals surface area contributed by atoms with E-state index >= 15 is 0 Å². The van der Waals surface area contributed by atoms with Gasteiger partial charge in [-0.05, 0) is 17.3 Å². The molecule has 1 saturated carbocycles. The third-order valence-electron chi connectivity index (χ3n) is 2.83. The van der Waals surface area contributed by atoms with E-state index < -0.39 is 0 Å². The lowest BCUT2D eigenvalue weighted by molar-refractivity contribution is 0.543. The number of rotatable bonds is 2. The average Bonchev–Trinajstić information content (AvgIpc) is 2.32. The first kappa shape index (κ1) is 6.85. The fourth-order valence-corrected chi connectivity index (χ4v) is 2.03. The molecule has 0 aliphatic heterocycles. The van der Waals surface area contributed by atoms with Gasteiger partial charge >= 0.3 is 0 Å². The van der Waals surface area contributed by atoms with Crippen molar-refractivity contribution >= 4 is 0 Å². The zero-order valence-corrected chi connectivity index (χ0v) is 6.65. The fraction of sp³-hybridized carbons (Fsp3) is 0.778. The lowest BCUT2D eigenvalue weighted by Crippen LogP contribution is -1.87. The first-order chi connectivity index (χ1) is 4.14. The Morgan fingerprint density at radius 1 is 1.56 bits per heavy atom. The molecular weight excluding hydrogens is 108 g/mol. The molecule has 1 aliphatic rings. The van der Waals surface area contributed by atoms with Crippen molar-refractivity contribution in [3.8, 4) is 0 Å². The summed E-state index contributed by atoms with van der Waals surface area (Å²) in [6, 6.07) is 0. The van der Waals surface area contributed by atoms with Crippen LogP contribution in [0.15, 0.2) is 12.7 Å². The lowest BCUT2D eigenvalue weighted by Gasteiger charge is -1.96. The Kier molecular flexibility index (Phi) is 1.42. The summed E-state index contributed by atoms with van der Waals surface area (Å²) >= 11 is 0. The predicted molar refractivity (Wildman–Crippen MR) is 41.2 cm³/mol. The highest BCUT2D eigenvalue weighted by atomic mass is 14.6. The van der Waals surface area contributed by atoms with Crippen molar-refractivity contribution in [1.82, 2.24) is 0 Å². The van der Waals surface area contributed by atoms with E-state index in [1.54, 1.807) is 0 Å². The van der Waals surface area contributed by atoms with E-state index in [-0.39, 0.29) is 0 Å². The van der Waals surface area contributed by atoms with Crippen molar-refractivity contribution in [2.24, 2.45) is 17.3 Å². The number of allylic oxidation sites excluding steroid dienone is 1. The Hall–Kier alpha value is -0.260. The van der Waals surface area contributed by atoms with Crippen molar-refractivity contribution in [1.29, 1.82) is 0 Å². The van der Waals surface area contributed by atoms with Gasteiger partial charge in [-0.2, -0.15) is 0 Å². The molecule has 1 fully saturated rings. The molecule has 1 aliphatic carbocycles. The highest BCUT2D eigenvalue weighted by molar-refractivity contribution is 5.11. The van der Waals surface area contributed by atoms with Crippen LogP contribution in [0.4, 0.5) is 0 Å². The van der Waals surface area contributed by atoms with Crippen LogP contribution in [0.25, 0.3) is 0 Å². The molecule has 0 N–H and O–H groups in total. The van der Waals surface area contributed by atoms with Crippen LogP contribution in [-0.2, 0) is 0 Å². The van der Waals surface area contributed by atoms with Crippen LogP contribution in [0.3, 0.4) is 0 Å². The molecule has 1 rings (SSSR count). The van der Waals surface area contributed by atoms with E-state index in [9.17, 15) is 0 Å². The van der Waals surface area contributed by atoms with E-state index in [0.29, 0.717) is 5.41 Å². The highest BCUT2D eigenvalue weighted by Gasteiger charge is 2.53. The first-order valence-electron chi connectivity index (χ1n) is 3.77. The Morgan fingerprint density at radius 3 is 2.22 bits per heavy atom. The molecule has 52 valence electrons. The molecular formula is C9H16. The summed E-state index contributed by atoms with van der Waals surface area (Å²) in [4.78, 5) is 0. The standard InChI is InChI=1S/C9H16/c1-5-7-8(6-2)9(7,3)4/h5,7-8H,1,6H2,2-4H3. The predicted octanol–water partition coefficient (Wildman–Crippen LogP) is 2.85. The zero-order valence-electron chi connectivity index (χ0n) is 6.65. The third-order valence-corrected chi connectivity index (χ3v) is 2.83. The normalized spacial score (nSPS) is 38.1. The lowest BCUT2D eigenvalue weighted by atomic mass is 10.1. The second-order valence-electron chi connectivity index (χ2n) is 3.60. The van der Waals surface area contributed by atoms with Gasteiger partial charge in [0.05, 0.1) is 0 Å². The van der Waals surface area contributed by atoms with Crippen molar-refractivity contribution in [3.05, 3.63) is 12.7 Å². The molecule has 0 nitrogen and oxygen atoms in total. The SMILES string of the molecule is C=CC1C(CC)C1(C)C. The Morgan fingerprint density at radius 2 is 2.11 bits per heavy atom. The fourth-order valence-electron chi connectivity index (χ4n) is 2.03. The van der Waals surface area contributed by atoms with Crippen molar-refractivity contribution in [2.75, 3.05) is 0 Å². The summed E-state index contributed by atoms with van der Waals surface area (Å²) in [5, 5.41) is 0. The van der Waals surface area contributed by atoms with Crippen LogP contribution in [-0.4, -0.2) is 0 Å². The van der Waals surface area contributed by atoms with E-state index in [4.69, 9.17) is 0 Å². The van der Waals surface area contributed by atoms with Gasteiger partial charge in [-0.3, -0.25) is 0 Å². The summed E-state index contributed by atoms with van der Waals surface area (Å²) in [5.41, 5.74) is 0.566. The average molecular weight is 124 g/mol. The smallest absolute Gasteiger partial charge is 0.0148 e. The minimum Gasteiger partial charge on any atom is -0.103 e. The second kappa shape index (κ2) is 1.86. The third kappa shape index (κ3) is 0.810. The second-order valence-corrected chi connectivity index (χ2v) is 3.60. The largest absolute Gasteiger partial charge is 0.103 e. The number of hydrogen-bond donors (Lipinski definition) is 0. The zero-order chi connectivity index (χ0) is 7.07. The molecule has 0 bridgehead atoms. The van der Waals surface area contributed by atoms with Crippen LogP contribution in [0, 0.1) is 17.3 Å².